The molecule has 0 atom stereocenters. The number of nitro groups is 1. The van der Waals surface area contributed by atoms with Crippen molar-refractivity contribution >= 4 is 25.4 Å². The Labute approximate surface area is 101 Å². The van der Waals surface area contributed by atoms with Crippen molar-refractivity contribution in [1.82, 2.24) is 0 Å². The van der Waals surface area contributed by atoms with Gasteiger partial charge >= 0.3 is 5.69 Å². The molecule has 0 aliphatic heterocycles. The minimum Gasteiger partial charge on any atom is -0.489 e. The van der Waals surface area contributed by atoms with Gasteiger partial charge < -0.3 is 4.74 Å². The molecule has 0 aliphatic rings. The SMILES string of the molecule is COc1c(C#N)cc(S(=O)(=O)Cl)cc1[N+](=O)[O-]. The Kier molecular flexibility index (Phi) is 3.55. The number of ether oxygens (including phenoxy) is 1. The van der Waals surface area contributed by atoms with Crippen LogP contribution in [0.25, 0.3) is 0 Å². The molecule has 0 aromatic heterocycles. The fraction of sp³-hybridized carbons (Fsp3) is 0.125. The van der Waals surface area contributed by atoms with Gasteiger partial charge in [-0.1, -0.05) is 0 Å². The van der Waals surface area contributed by atoms with Crippen molar-refractivity contribution in [3.05, 3.63) is 27.8 Å². The summed E-state index contributed by atoms with van der Waals surface area (Å²) < 4.78 is 26.8. The molecule has 90 valence electrons. The van der Waals surface area contributed by atoms with Crippen molar-refractivity contribution in [2.45, 2.75) is 4.90 Å². The van der Waals surface area contributed by atoms with Crippen LogP contribution < -0.4 is 4.74 Å². The van der Waals surface area contributed by atoms with Crippen LogP contribution in [0.4, 0.5) is 5.69 Å². The summed E-state index contributed by atoms with van der Waals surface area (Å²) in [6, 6.07) is 3.25. The minimum absolute atomic E-state index is 0.277. The number of halogens is 1. The fourth-order valence-corrected chi connectivity index (χ4v) is 1.94. The van der Waals surface area contributed by atoms with Crippen LogP contribution in [0.5, 0.6) is 5.75 Å². The Balaban J connectivity index is 3.71. The summed E-state index contributed by atoms with van der Waals surface area (Å²) in [5.41, 5.74) is -0.910. The van der Waals surface area contributed by atoms with Crippen molar-refractivity contribution in [2.75, 3.05) is 7.11 Å². The van der Waals surface area contributed by atoms with Gasteiger partial charge in [0.05, 0.1) is 16.9 Å². The van der Waals surface area contributed by atoms with Gasteiger partial charge in [0.2, 0.25) is 5.75 Å². The van der Waals surface area contributed by atoms with Gasteiger partial charge in [0.15, 0.2) is 0 Å². The molecule has 7 nitrogen and oxygen atoms in total. The molecule has 0 radical (unpaired) electrons. The monoisotopic (exact) mass is 276 g/mol. The zero-order valence-electron chi connectivity index (χ0n) is 8.38. The van der Waals surface area contributed by atoms with Gasteiger partial charge in [-0.15, -0.1) is 0 Å². The molecule has 0 bridgehead atoms. The van der Waals surface area contributed by atoms with Crippen LogP contribution >= 0.6 is 10.7 Å². The van der Waals surface area contributed by atoms with Crippen molar-refractivity contribution in [3.63, 3.8) is 0 Å². The number of methoxy groups -OCH3 is 1. The van der Waals surface area contributed by atoms with E-state index in [2.05, 4.69) is 0 Å². The highest BCUT2D eigenvalue weighted by atomic mass is 35.7. The van der Waals surface area contributed by atoms with Crippen LogP contribution in [0.15, 0.2) is 17.0 Å². The van der Waals surface area contributed by atoms with E-state index < -0.39 is 24.6 Å². The highest BCUT2D eigenvalue weighted by molar-refractivity contribution is 8.13. The lowest BCUT2D eigenvalue weighted by Gasteiger charge is -2.05. The topological polar surface area (TPSA) is 110 Å². The number of nitriles is 1. The Morgan fingerprint density at radius 1 is 1.53 bits per heavy atom. The van der Waals surface area contributed by atoms with E-state index in [9.17, 15) is 18.5 Å². The first-order chi connectivity index (χ1) is 7.81. The Morgan fingerprint density at radius 3 is 2.47 bits per heavy atom. The molecule has 0 N–H and O–H groups in total. The van der Waals surface area contributed by atoms with E-state index in [-0.39, 0.29) is 11.3 Å². The molecule has 9 heteroatoms. The summed E-state index contributed by atoms with van der Waals surface area (Å²) in [6.45, 7) is 0. The molecule has 0 saturated carbocycles. The maximum absolute atomic E-state index is 11.1. The van der Waals surface area contributed by atoms with Crippen molar-refractivity contribution < 1.29 is 18.1 Å². The Morgan fingerprint density at radius 2 is 2.12 bits per heavy atom. The minimum atomic E-state index is -4.16. The Bertz CT molecular complexity index is 620. The molecule has 0 amide bonds. The normalized spacial score (nSPS) is 10.6. The summed E-state index contributed by atoms with van der Waals surface area (Å²) in [4.78, 5) is 9.33. The van der Waals surface area contributed by atoms with Crippen LogP contribution in [0.1, 0.15) is 5.56 Å². The van der Waals surface area contributed by atoms with Crippen LogP contribution in [0.2, 0.25) is 0 Å². The molecule has 0 saturated heterocycles. The second kappa shape index (κ2) is 4.57. The van der Waals surface area contributed by atoms with Crippen LogP contribution in [-0.2, 0) is 9.05 Å². The summed E-state index contributed by atoms with van der Waals surface area (Å²) >= 11 is 0. The smallest absolute Gasteiger partial charge is 0.313 e. The lowest BCUT2D eigenvalue weighted by molar-refractivity contribution is -0.386. The van der Waals surface area contributed by atoms with Gasteiger partial charge in [0, 0.05) is 16.7 Å². The van der Waals surface area contributed by atoms with Crippen molar-refractivity contribution in [2.24, 2.45) is 0 Å². The zero-order valence-corrected chi connectivity index (χ0v) is 9.95. The average molecular weight is 277 g/mol. The quantitative estimate of drug-likeness (QED) is 0.469. The second-order valence-corrected chi connectivity index (χ2v) is 5.40. The zero-order chi connectivity index (χ0) is 13.2. The molecule has 1 rings (SSSR count). The number of hydrogen-bond acceptors (Lipinski definition) is 6. The third kappa shape index (κ3) is 2.64. The first-order valence-corrected chi connectivity index (χ1v) is 6.33. The van der Waals surface area contributed by atoms with Gasteiger partial charge in [0.1, 0.15) is 11.6 Å². The number of benzene rings is 1. The number of nitro benzene ring substituents is 1. The third-order valence-electron chi connectivity index (χ3n) is 1.85. The molecule has 17 heavy (non-hydrogen) atoms. The van der Waals surface area contributed by atoms with Crippen LogP contribution in [0, 0.1) is 21.4 Å². The Hall–Kier alpha value is -1.85. The summed E-state index contributed by atoms with van der Waals surface area (Å²) in [7, 11) is 2.04. The van der Waals surface area contributed by atoms with Gasteiger partial charge in [-0.2, -0.15) is 5.26 Å². The third-order valence-corrected chi connectivity index (χ3v) is 3.18. The second-order valence-electron chi connectivity index (χ2n) is 2.83. The lowest BCUT2D eigenvalue weighted by Crippen LogP contribution is -2.00. The van der Waals surface area contributed by atoms with E-state index in [1.165, 1.54) is 0 Å². The first kappa shape index (κ1) is 13.2. The maximum atomic E-state index is 11.1. The molecule has 1 aromatic rings. The highest BCUT2D eigenvalue weighted by Crippen LogP contribution is 2.34. The molecule has 1 aromatic carbocycles. The van der Waals surface area contributed by atoms with E-state index in [1.54, 1.807) is 6.07 Å². The van der Waals surface area contributed by atoms with E-state index in [0.29, 0.717) is 0 Å². The molecular weight excluding hydrogens is 272 g/mol. The number of hydrogen-bond donors (Lipinski definition) is 0. The molecule has 0 unspecified atom stereocenters. The van der Waals surface area contributed by atoms with Crippen molar-refractivity contribution in [1.29, 1.82) is 5.26 Å². The molecular formula is C8H5ClN2O5S. The maximum Gasteiger partial charge on any atom is 0.313 e. The van der Waals surface area contributed by atoms with Gasteiger partial charge in [-0.25, -0.2) is 8.42 Å². The van der Waals surface area contributed by atoms with E-state index in [1.807, 2.05) is 0 Å². The predicted molar refractivity (Wildman–Crippen MR) is 57.4 cm³/mol. The lowest BCUT2D eigenvalue weighted by atomic mass is 10.2. The largest absolute Gasteiger partial charge is 0.489 e. The van der Waals surface area contributed by atoms with Gasteiger partial charge in [-0.3, -0.25) is 10.1 Å². The molecule has 0 spiro atoms. The fourth-order valence-electron chi connectivity index (χ4n) is 1.16. The predicted octanol–water partition coefficient (Wildman–Crippen LogP) is 1.40. The van der Waals surface area contributed by atoms with Gasteiger partial charge in [-0.05, 0) is 6.07 Å². The van der Waals surface area contributed by atoms with Crippen LogP contribution in [0.3, 0.4) is 0 Å². The molecule has 0 fully saturated rings. The van der Waals surface area contributed by atoms with E-state index >= 15 is 0 Å². The summed E-state index contributed by atoms with van der Waals surface area (Å²) in [5, 5.41) is 19.5. The van der Waals surface area contributed by atoms with E-state index in [4.69, 9.17) is 20.7 Å². The van der Waals surface area contributed by atoms with Crippen LogP contribution in [-0.4, -0.2) is 20.5 Å². The van der Waals surface area contributed by atoms with Crippen molar-refractivity contribution in [3.8, 4) is 11.8 Å². The van der Waals surface area contributed by atoms with Gasteiger partial charge in [0.25, 0.3) is 9.05 Å². The highest BCUT2D eigenvalue weighted by Gasteiger charge is 2.24. The summed E-state index contributed by atoms with van der Waals surface area (Å²) in [5.74, 6) is -0.304. The summed E-state index contributed by atoms with van der Waals surface area (Å²) in [6.07, 6.45) is 0. The first-order valence-electron chi connectivity index (χ1n) is 4.02. The standard InChI is InChI=1S/C8H5ClN2O5S/c1-16-8-5(4-10)2-6(17(9,14)15)3-7(8)11(12)13/h2-3H,1H3. The van der Waals surface area contributed by atoms with E-state index in [0.717, 1.165) is 19.2 Å². The molecule has 0 heterocycles. The number of nitrogens with zero attached hydrogens (tertiary/aromatic N) is 2. The average Bonchev–Trinajstić information content (AvgIpc) is 2.25. The molecule has 0 aliphatic carbocycles. The number of rotatable bonds is 3.